The molecular formula is C11H18F2. The fourth-order valence-electron chi connectivity index (χ4n) is 0.626. The van der Waals surface area contributed by atoms with Gasteiger partial charge in [-0.15, -0.1) is 0 Å². The second-order valence-electron chi connectivity index (χ2n) is 4.05. The highest BCUT2D eigenvalue weighted by Crippen LogP contribution is 2.24. The SMILES string of the molecule is CCC(F)(F)C#CCC(C)(C)CC. The van der Waals surface area contributed by atoms with Crippen molar-refractivity contribution in [3.63, 3.8) is 0 Å². The summed E-state index contributed by atoms with van der Waals surface area (Å²) in [5, 5.41) is 0. The summed E-state index contributed by atoms with van der Waals surface area (Å²) in [6, 6.07) is 0. The molecule has 0 aromatic heterocycles. The van der Waals surface area contributed by atoms with Gasteiger partial charge in [0.25, 0.3) is 0 Å². The van der Waals surface area contributed by atoms with Crippen molar-refractivity contribution in [2.75, 3.05) is 0 Å². The van der Waals surface area contributed by atoms with Crippen LogP contribution in [-0.2, 0) is 0 Å². The molecule has 0 N–H and O–H groups in total. The third kappa shape index (κ3) is 5.63. The first-order valence-corrected chi connectivity index (χ1v) is 4.71. The number of rotatable bonds is 3. The molecule has 0 rings (SSSR count). The maximum atomic E-state index is 12.7. The maximum Gasteiger partial charge on any atom is 0.307 e. The Hall–Kier alpha value is -0.580. The first-order chi connectivity index (χ1) is 5.83. The van der Waals surface area contributed by atoms with Gasteiger partial charge >= 0.3 is 5.92 Å². The molecule has 0 bridgehead atoms. The summed E-state index contributed by atoms with van der Waals surface area (Å²) in [7, 11) is 0. The minimum Gasteiger partial charge on any atom is -0.192 e. The van der Waals surface area contributed by atoms with Crippen molar-refractivity contribution in [1.29, 1.82) is 0 Å². The van der Waals surface area contributed by atoms with Crippen LogP contribution < -0.4 is 0 Å². The van der Waals surface area contributed by atoms with E-state index in [2.05, 4.69) is 5.92 Å². The minimum atomic E-state index is -2.80. The Balaban J connectivity index is 4.14. The van der Waals surface area contributed by atoms with Gasteiger partial charge in [-0.2, -0.15) is 8.78 Å². The van der Waals surface area contributed by atoms with Crippen LogP contribution in [0.5, 0.6) is 0 Å². The van der Waals surface area contributed by atoms with Crippen molar-refractivity contribution in [2.24, 2.45) is 5.41 Å². The summed E-state index contributed by atoms with van der Waals surface area (Å²) in [6.07, 6.45) is 1.30. The largest absolute Gasteiger partial charge is 0.307 e. The third-order valence-corrected chi connectivity index (χ3v) is 2.24. The molecule has 0 amide bonds. The normalized spacial score (nSPS) is 12.2. The fraction of sp³-hybridized carbons (Fsp3) is 0.818. The molecule has 13 heavy (non-hydrogen) atoms. The Morgan fingerprint density at radius 1 is 1.08 bits per heavy atom. The lowest BCUT2D eigenvalue weighted by Crippen LogP contribution is -2.12. The smallest absolute Gasteiger partial charge is 0.192 e. The summed E-state index contributed by atoms with van der Waals surface area (Å²) in [4.78, 5) is 0. The molecule has 0 fully saturated rings. The van der Waals surface area contributed by atoms with Gasteiger partial charge in [0.2, 0.25) is 0 Å². The standard InChI is InChI=1S/C11H18F2/c1-5-10(3,4)8-7-9-11(12,13)6-2/h5-6,8H2,1-4H3. The van der Waals surface area contributed by atoms with Crippen molar-refractivity contribution in [3.8, 4) is 11.8 Å². The molecule has 0 atom stereocenters. The van der Waals surface area contributed by atoms with E-state index in [0.717, 1.165) is 6.42 Å². The Labute approximate surface area is 79.7 Å². The Morgan fingerprint density at radius 3 is 2.00 bits per heavy atom. The average molecular weight is 188 g/mol. The highest BCUT2D eigenvalue weighted by atomic mass is 19.3. The lowest BCUT2D eigenvalue weighted by Gasteiger charge is -2.18. The van der Waals surface area contributed by atoms with E-state index in [-0.39, 0.29) is 11.8 Å². The van der Waals surface area contributed by atoms with E-state index >= 15 is 0 Å². The van der Waals surface area contributed by atoms with E-state index in [4.69, 9.17) is 0 Å². The quantitative estimate of drug-likeness (QED) is 0.590. The molecule has 0 aromatic rings. The van der Waals surface area contributed by atoms with Crippen LogP contribution in [0, 0.1) is 17.3 Å². The van der Waals surface area contributed by atoms with E-state index < -0.39 is 5.92 Å². The average Bonchev–Trinajstić information content (AvgIpc) is 2.04. The molecule has 2 heteroatoms. The predicted molar refractivity (Wildman–Crippen MR) is 51.7 cm³/mol. The fourth-order valence-corrected chi connectivity index (χ4v) is 0.626. The lowest BCUT2D eigenvalue weighted by molar-refractivity contribution is 0.0621. The van der Waals surface area contributed by atoms with Crippen molar-refractivity contribution in [1.82, 2.24) is 0 Å². The summed E-state index contributed by atoms with van der Waals surface area (Å²) in [6.45, 7) is 7.55. The van der Waals surface area contributed by atoms with Crippen LogP contribution in [-0.4, -0.2) is 5.92 Å². The van der Waals surface area contributed by atoms with Crippen LogP contribution in [0.25, 0.3) is 0 Å². The van der Waals surface area contributed by atoms with E-state index in [1.54, 1.807) is 0 Å². The van der Waals surface area contributed by atoms with Gasteiger partial charge in [-0.1, -0.05) is 40.0 Å². The van der Waals surface area contributed by atoms with Gasteiger partial charge in [-0.25, -0.2) is 0 Å². The van der Waals surface area contributed by atoms with Crippen molar-refractivity contribution < 1.29 is 8.78 Å². The predicted octanol–water partition coefficient (Wildman–Crippen LogP) is 3.86. The van der Waals surface area contributed by atoms with Gasteiger partial charge in [0.15, 0.2) is 0 Å². The Kier molecular flexibility index (Phi) is 4.39. The Bertz CT molecular complexity index is 206. The molecule has 0 spiro atoms. The monoisotopic (exact) mass is 188 g/mol. The molecule has 0 saturated heterocycles. The molecule has 0 aliphatic heterocycles. The second-order valence-corrected chi connectivity index (χ2v) is 4.05. The van der Waals surface area contributed by atoms with Crippen LogP contribution in [0.2, 0.25) is 0 Å². The van der Waals surface area contributed by atoms with Gasteiger partial charge in [0, 0.05) is 12.8 Å². The number of alkyl halides is 2. The van der Waals surface area contributed by atoms with Gasteiger partial charge in [0.05, 0.1) is 0 Å². The highest BCUT2D eigenvalue weighted by Gasteiger charge is 2.22. The van der Waals surface area contributed by atoms with E-state index in [1.165, 1.54) is 6.92 Å². The zero-order chi connectivity index (χ0) is 10.5. The van der Waals surface area contributed by atoms with Crippen LogP contribution >= 0.6 is 0 Å². The van der Waals surface area contributed by atoms with Crippen LogP contribution in [0.3, 0.4) is 0 Å². The van der Waals surface area contributed by atoms with Crippen LogP contribution in [0.1, 0.15) is 47.0 Å². The molecule has 0 radical (unpaired) electrons. The molecule has 0 saturated carbocycles. The van der Waals surface area contributed by atoms with E-state index in [9.17, 15) is 8.78 Å². The van der Waals surface area contributed by atoms with Gasteiger partial charge in [0.1, 0.15) is 0 Å². The summed E-state index contributed by atoms with van der Waals surface area (Å²) in [5.74, 6) is 1.78. The van der Waals surface area contributed by atoms with E-state index in [1.807, 2.05) is 26.7 Å². The van der Waals surface area contributed by atoms with Gasteiger partial charge < -0.3 is 0 Å². The third-order valence-electron chi connectivity index (χ3n) is 2.24. The molecule has 0 aliphatic rings. The lowest BCUT2D eigenvalue weighted by atomic mass is 9.87. The topological polar surface area (TPSA) is 0 Å². The summed E-state index contributed by atoms with van der Waals surface area (Å²) >= 11 is 0. The van der Waals surface area contributed by atoms with Crippen molar-refractivity contribution in [3.05, 3.63) is 0 Å². The van der Waals surface area contributed by atoms with Crippen LogP contribution in [0.15, 0.2) is 0 Å². The molecular weight excluding hydrogens is 170 g/mol. The van der Waals surface area contributed by atoms with Crippen molar-refractivity contribution >= 4 is 0 Å². The molecule has 0 heterocycles. The number of halogens is 2. The first kappa shape index (κ1) is 12.4. The molecule has 0 unspecified atom stereocenters. The molecule has 0 nitrogen and oxygen atoms in total. The van der Waals surface area contributed by atoms with E-state index in [0.29, 0.717) is 6.42 Å². The summed E-state index contributed by atoms with van der Waals surface area (Å²) in [5.41, 5.74) is 0.0524. The zero-order valence-electron chi connectivity index (χ0n) is 8.88. The van der Waals surface area contributed by atoms with Crippen molar-refractivity contribution in [2.45, 2.75) is 52.9 Å². The van der Waals surface area contributed by atoms with Crippen LogP contribution in [0.4, 0.5) is 8.78 Å². The minimum absolute atomic E-state index is 0.0524. The maximum absolute atomic E-state index is 12.7. The molecule has 0 aliphatic carbocycles. The summed E-state index contributed by atoms with van der Waals surface area (Å²) < 4.78 is 25.3. The second kappa shape index (κ2) is 4.60. The van der Waals surface area contributed by atoms with Gasteiger partial charge in [-0.3, -0.25) is 0 Å². The Morgan fingerprint density at radius 2 is 1.62 bits per heavy atom. The number of hydrogen-bond acceptors (Lipinski definition) is 0. The van der Waals surface area contributed by atoms with Gasteiger partial charge in [-0.05, 0) is 11.3 Å². The molecule has 76 valence electrons. The zero-order valence-corrected chi connectivity index (χ0v) is 8.88. The highest BCUT2D eigenvalue weighted by molar-refractivity contribution is 5.10. The molecule has 0 aromatic carbocycles. The first-order valence-electron chi connectivity index (χ1n) is 4.71. The number of hydrogen-bond donors (Lipinski definition) is 0.